The number of hydrogen-bond acceptors (Lipinski definition) is 6. The van der Waals surface area contributed by atoms with Crippen molar-refractivity contribution >= 4 is 5.97 Å². The van der Waals surface area contributed by atoms with Crippen molar-refractivity contribution in [2.75, 3.05) is 6.54 Å². The van der Waals surface area contributed by atoms with Crippen LogP contribution in [-0.4, -0.2) is 50.6 Å². The lowest BCUT2D eigenvalue weighted by Gasteiger charge is -2.18. The van der Waals surface area contributed by atoms with E-state index in [0.717, 1.165) is 12.8 Å². The molecule has 0 radical (unpaired) electrons. The van der Waals surface area contributed by atoms with Crippen molar-refractivity contribution in [1.82, 2.24) is 5.06 Å². The Kier molecular flexibility index (Phi) is 20.8. The number of aliphatic hydroxyl groups excluding tert-OH is 1. The maximum Gasteiger partial charge on any atom is 0.303 e. The van der Waals surface area contributed by atoms with Gasteiger partial charge in [0.05, 0.1) is 12.7 Å². The number of rotatable bonds is 15. The SMILES string of the molecule is CC(N)N(O)CC(O)O.CCCCCCCCCCCCCC(=O)O. The number of unbranched alkanes of at least 4 members (excludes halogenated alkanes) is 10. The summed E-state index contributed by atoms with van der Waals surface area (Å²) in [5.41, 5.74) is 5.14. The Hall–Kier alpha value is -0.730. The summed E-state index contributed by atoms with van der Waals surface area (Å²) in [5, 5.41) is 34.3. The molecule has 0 fully saturated rings. The maximum atomic E-state index is 10.3. The molecule has 152 valence electrons. The van der Waals surface area contributed by atoms with Crippen LogP contribution in [0.5, 0.6) is 0 Å². The summed E-state index contributed by atoms with van der Waals surface area (Å²) in [5.74, 6) is -0.657. The third-order valence-electron chi connectivity index (χ3n) is 3.81. The Bertz CT molecular complexity index is 289. The van der Waals surface area contributed by atoms with Gasteiger partial charge in [-0.2, -0.15) is 5.06 Å². The van der Waals surface area contributed by atoms with Gasteiger partial charge in [0.15, 0.2) is 6.29 Å². The second-order valence-corrected chi connectivity index (χ2v) is 6.52. The van der Waals surface area contributed by atoms with Crippen molar-refractivity contribution in [2.45, 2.75) is 103 Å². The van der Waals surface area contributed by atoms with Crippen LogP contribution in [0.1, 0.15) is 90.9 Å². The monoisotopic (exact) mass is 364 g/mol. The van der Waals surface area contributed by atoms with Gasteiger partial charge < -0.3 is 26.3 Å². The molecule has 0 bridgehead atoms. The van der Waals surface area contributed by atoms with Gasteiger partial charge >= 0.3 is 5.97 Å². The summed E-state index contributed by atoms with van der Waals surface area (Å²) in [6.07, 6.45) is 12.2. The fourth-order valence-corrected chi connectivity index (χ4v) is 2.27. The van der Waals surface area contributed by atoms with Crippen LogP contribution in [-0.2, 0) is 4.79 Å². The molecule has 7 nitrogen and oxygen atoms in total. The van der Waals surface area contributed by atoms with Crippen LogP contribution in [0.4, 0.5) is 0 Å². The van der Waals surface area contributed by atoms with Crippen LogP contribution < -0.4 is 5.73 Å². The molecule has 0 rings (SSSR count). The van der Waals surface area contributed by atoms with Crippen molar-refractivity contribution in [3.05, 3.63) is 0 Å². The molecule has 1 unspecified atom stereocenters. The highest BCUT2D eigenvalue weighted by Gasteiger charge is 2.08. The highest BCUT2D eigenvalue weighted by Crippen LogP contribution is 2.11. The number of carboxylic acids is 1. The van der Waals surface area contributed by atoms with Gasteiger partial charge in [0, 0.05) is 6.42 Å². The van der Waals surface area contributed by atoms with Gasteiger partial charge in [0.25, 0.3) is 0 Å². The molecule has 6 N–H and O–H groups in total. The van der Waals surface area contributed by atoms with Gasteiger partial charge in [-0.05, 0) is 13.3 Å². The molecular formula is C18H40N2O5. The Morgan fingerprint density at radius 3 is 1.60 bits per heavy atom. The summed E-state index contributed by atoms with van der Waals surface area (Å²) in [7, 11) is 0. The lowest BCUT2D eigenvalue weighted by atomic mass is 10.1. The lowest BCUT2D eigenvalue weighted by Crippen LogP contribution is -2.41. The fraction of sp³-hybridized carbons (Fsp3) is 0.944. The zero-order chi connectivity index (χ0) is 19.5. The van der Waals surface area contributed by atoms with Crippen molar-refractivity contribution in [1.29, 1.82) is 0 Å². The zero-order valence-corrected chi connectivity index (χ0v) is 16.1. The van der Waals surface area contributed by atoms with Gasteiger partial charge in [0.2, 0.25) is 0 Å². The summed E-state index contributed by atoms with van der Waals surface area (Å²) >= 11 is 0. The predicted octanol–water partition coefficient (Wildman–Crippen LogP) is 3.07. The molecule has 0 aromatic rings. The minimum absolute atomic E-state index is 0.252. The molecule has 0 amide bonds. The van der Waals surface area contributed by atoms with E-state index in [4.69, 9.17) is 26.3 Å². The number of carbonyl (C=O) groups is 1. The van der Waals surface area contributed by atoms with Crippen LogP contribution >= 0.6 is 0 Å². The molecule has 25 heavy (non-hydrogen) atoms. The van der Waals surface area contributed by atoms with E-state index in [0.29, 0.717) is 11.5 Å². The Balaban J connectivity index is 0. The smallest absolute Gasteiger partial charge is 0.303 e. The topological polar surface area (TPSA) is 127 Å². The third-order valence-corrected chi connectivity index (χ3v) is 3.81. The molecule has 0 aliphatic heterocycles. The molecule has 0 saturated heterocycles. The molecule has 0 aliphatic carbocycles. The largest absolute Gasteiger partial charge is 0.481 e. The first-order valence-electron chi connectivity index (χ1n) is 9.60. The van der Waals surface area contributed by atoms with Crippen LogP contribution in [0.15, 0.2) is 0 Å². The minimum atomic E-state index is -1.54. The van der Waals surface area contributed by atoms with E-state index in [1.54, 1.807) is 0 Å². The average Bonchev–Trinajstić information content (AvgIpc) is 2.52. The van der Waals surface area contributed by atoms with Crippen LogP contribution in [0.2, 0.25) is 0 Å². The zero-order valence-electron chi connectivity index (χ0n) is 16.1. The quantitative estimate of drug-likeness (QED) is 0.172. The Morgan fingerprint density at radius 2 is 1.32 bits per heavy atom. The first kappa shape index (κ1) is 26.5. The molecule has 0 spiro atoms. The first-order chi connectivity index (χ1) is 11.8. The van der Waals surface area contributed by atoms with Crippen molar-refractivity contribution in [2.24, 2.45) is 5.73 Å². The number of carboxylic acid groups (broad SMARTS) is 1. The second-order valence-electron chi connectivity index (χ2n) is 6.52. The summed E-state index contributed by atoms with van der Waals surface area (Å²) in [6.45, 7) is 3.52. The minimum Gasteiger partial charge on any atom is -0.481 e. The standard InChI is InChI=1S/C14H28O2.C4H12N2O3/c1-2-3-4-5-6-7-8-9-10-11-12-13-14(15)16;1-3(5)6(9)2-4(7)8/h2-13H2,1H3,(H,15,16);3-4,7-9H,2,5H2,1H3. The van der Waals surface area contributed by atoms with Crippen LogP contribution in [0.25, 0.3) is 0 Å². The van der Waals surface area contributed by atoms with E-state index in [1.807, 2.05) is 0 Å². The van der Waals surface area contributed by atoms with Gasteiger partial charge in [-0.1, -0.05) is 71.1 Å². The summed E-state index contributed by atoms with van der Waals surface area (Å²) in [4.78, 5) is 10.3. The summed E-state index contributed by atoms with van der Waals surface area (Å²) < 4.78 is 0. The summed E-state index contributed by atoms with van der Waals surface area (Å²) in [6, 6.07) is 0. The Labute approximate surface area is 152 Å². The molecule has 0 aromatic heterocycles. The van der Waals surface area contributed by atoms with Gasteiger partial charge in [-0.3, -0.25) is 4.79 Å². The van der Waals surface area contributed by atoms with Gasteiger partial charge in [-0.25, -0.2) is 0 Å². The number of aliphatic carboxylic acids is 1. The predicted molar refractivity (Wildman–Crippen MR) is 99.1 cm³/mol. The highest BCUT2D eigenvalue weighted by molar-refractivity contribution is 5.66. The van der Waals surface area contributed by atoms with E-state index >= 15 is 0 Å². The van der Waals surface area contributed by atoms with Crippen molar-refractivity contribution in [3.8, 4) is 0 Å². The lowest BCUT2D eigenvalue weighted by molar-refractivity contribution is -0.176. The van der Waals surface area contributed by atoms with E-state index in [1.165, 1.54) is 64.7 Å². The van der Waals surface area contributed by atoms with Gasteiger partial charge in [-0.15, -0.1) is 0 Å². The number of hydroxylamine groups is 2. The van der Waals surface area contributed by atoms with E-state index in [2.05, 4.69) is 6.92 Å². The number of hydrogen-bond donors (Lipinski definition) is 5. The van der Waals surface area contributed by atoms with Crippen molar-refractivity contribution < 1.29 is 25.3 Å². The second kappa shape index (κ2) is 19.6. The molecule has 0 heterocycles. The number of aliphatic hydroxyl groups is 2. The number of nitrogens with zero attached hydrogens (tertiary/aromatic N) is 1. The maximum absolute atomic E-state index is 10.3. The first-order valence-corrected chi connectivity index (χ1v) is 9.60. The highest BCUT2D eigenvalue weighted by atomic mass is 16.5. The normalized spacial score (nSPS) is 12.2. The van der Waals surface area contributed by atoms with E-state index in [9.17, 15) is 4.79 Å². The van der Waals surface area contributed by atoms with Crippen LogP contribution in [0, 0.1) is 0 Å². The van der Waals surface area contributed by atoms with Crippen molar-refractivity contribution in [3.63, 3.8) is 0 Å². The molecular weight excluding hydrogens is 324 g/mol. The molecule has 0 aliphatic rings. The van der Waals surface area contributed by atoms with E-state index < -0.39 is 18.4 Å². The molecule has 1 atom stereocenters. The van der Waals surface area contributed by atoms with Gasteiger partial charge in [0.1, 0.15) is 0 Å². The number of nitrogens with two attached hydrogens (primary N) is 1. The molecule has 7 heteroatoms. The molecule has 0 aromatic carbocycles. The molecule has 0 saturated carbocycles. The van der Waals surface area contributed by atoms with E-state index in [-0.39, 0.29) is 6.54 Å². The third kappa shape index (κ3) is 25.6. The Morgan fingerprint density at radius 1 is 0.920 bits per heavy atom. The van der Waals surface area contributed by atoms with Crippen LogP contribution in [0.3, 0.4) is 0 Å². The average molecular weight is 365 g/mol. The fourth-order valence-electron chi connectivity index (χ4n) is 2.27.